The first-order valence-electron chi connectivity index (χ1n) is 6.73. The Bertz CT molecular complexity index is 667. The molecule has 2 aromatic rings. The van der Waals surface area contributed by atoms with Crippen molar-refractivity contribution in [3.05, 3.63) is 58.0 Å². The van der Waals surface area contributed by atoms with Gasteiger partial charge in [-0.05, 0) is 31.0 Å². The highest BCUT2D eigenvalue weighted by atomic mass is 16.5. The van der Waals surface area contributed by atoms with Crippen molar-refractivity contribution in [1.29, 1.82) is 0 Å². The van der Waals surface area contributed by atoms with Crippen LogP contribution in [0.15, 0.2) is 41.3 Å². The molecule has 2 rings (SSSR count). The summed E-state index contributed by atoms with van der Waals surface area (Å²) in [6, 6.07) is 8.96. The lowest BCUT2D eigenvalue weighted by atomic mass is 10.1. The maximum atomic E-state index is 11.8. The third kappa shape index (κ3) is 4.45. The maximum Gasteiger partial charge on any atom is 0.264 e. The predicted molar refractivity (Wildman–Crippen MR) is 78.5 cm³/mol. The Labute approximate surface area is 122 Å². The number of carbonyl (C=O) groups is 1. The molecule has 6 nitrogen and oxygen atoms in total. The lowest BCUT2D eigenvalue weighted by Gasteiger charge is -2.07. The molecule has 1 amide bonds. The van der Waals surface area contributed by atoms with Gasteiger partial charge >= 0.3 is 0 Å². The number of aromatic amines is 1. The molecule has 0 spiro atoms. The smallest absolute Gasteiger partial charge is 0.264 e. The highest BCUT2D eigenvalue weighted by molar-refractivity contribution is 5.93. The number of nitrogens with one attached hydrogen (secondary N) is 2. The van der Waals surface area contributed by atoms with Crippen LogP contribution < -0.4 is 15.6 Å². The van der Waals surface area contributed by atoms with Crippen LogP contribution in [0.1, 0.15) is 22.8 Å². The van der Waals surface area contributed by atoms with E-state index in [-0.39, 0.29) is 11.5 Å². The lowest BCUT2D eigenvalue weighted by Crippen LogP contribution is -2.27. The Kier molecular flexibility index (Phi) is 5.09. The number of ether oxygens (including phenoxy) is 1. The zero-order chi connectivity index (χ0) is 15.1. The topological polar surface area (TPSA) is 84.1 Å². The Balaban J connectivity index is 1.88. The van der Waals surface area contributed by atoms with E-state index in [4.69, 9.17) is 4.74 Å². The molecule has 110 valence electrons. The SMILES string of the molecule is CCOc1cccc(CCNC(=O)c2cn[nH]c(=O)c2)c1. The first-order chi connectivity index (χ1) is 10.2. The fourth-order valence-electron chi connectivity index (χ4n) is 1.88. The third-order valence-corrected chi connectivity index (χ3v) is 2.84. The molecule has 2 N–H and O–H groups in total. The fraction of sp³-hybridized carbons (Fsp3) is 0.267. The molecule has 1 aromatic heterocycles. The molecule has 0 atom stereocenters. The van der Waals surface area contributed by atoms with Crippen LogP contribution in [0.4, 0.5) is 0 Å². The Morgan fingerprint density at radius 1 is 1.38 bits per heavy atom. The van der Waals surface area contributed by atoms with Crippen molar-refractivity contribution < 1.29 is 9.53 Å². The van der Waals surface area contributed by atoms with Crippen LogP contribution in [0.25, 0.3) is 0 Å². The highest BCUT2D eigenvalue weighted by Crippen LogP contribution is 2.13. The molecular weight excluding hydrogens is 270 g/mol. The molecule has 0 aliphatic rings. The average Bonchev–Trinajstić information content (AvgIpc) is 2.48. The Morgan fingerprint density at radius 3 is 3.00 bits per heavy atom. The molecule has 0 aliphatic heterocycles. The third-order valence-electron chi connectivity index (χ3n) is 2.84. The minimum absolute atomic E-state index is 0.252. The number of rotatable bonds is 6. The van der Waals surface area contributed by atoms with Gasteiger partial charge in [0.1, 0.15) is 5.75 Å². The molecule has 0 aliphatic carbocycles. The van der Waals surface area contributed by atoms with Crippen molar-refractivity contribution in [2.75, 3.05) is 13.2 Å². The number of benzene rings is 1. The maximum absolute atomic E-state index is 11.8. The monoisotopic (exact) mass is 287 g/mol. The zero-order valence-electron chi connectivity index (χ0n) is 11.8. The van der Waals surface area contributed by atoms with Crippen molar-refractivity contribution in [2.24, 2.45) is 0 Å². The molecule has 0 fully saturated rings. The molecule has 1 aromatic carbocycles. The van der Waals surface area contributed by atoms with Gasteiger partial charge in [0.25, 0.3) is 11.5 Å². The van der Waals surface area contributed by atoms with Gasteiger partial charge in [-0.15, -0.1) is 0 Å². The summed E-state index contributed by atoms with van der Waals surface area (Å²) < 4.78 is 5.42. The second kappa shape index (κ2) is 7.23. The minimum atomic E-state index is -0.396. The van der Waals surface area contributed by atoms with Crippen LogP contribution in [0, 0.1) is 0 Å². The van der Waals surface area contributed by atoms with E-state index in [9.17, 15) is 9.59 Å². The van der Waals surface area contributed by atoms with Gasteiger partial charge in [-0.3, -0.25) is 9.59 Å². The highest BCUT2D eigenvalue weighted by Gasteiger charge is 2.06. The van der Waals surface area contributed by atoms with Crippen molar-refractivity contribution in [2.45, 2.75) is 13.3 Å². The summed E-state index contributed by atoms with van der Waals surface area (Å²) in [4.78, 5) is 22.9. The summed E-state index contributed by atoms with van der Waals surface area (Å²) in [5, 5.41) is 8.57. The fourth-order valence-corrected chi connectivity index (χ4v) is 1.88. The number of nitrogens with zero attached hydrogens (tertiary/aromatic N) is 1. The van der Waals surface area contributed by atoms with Gasteiger partial charge in [0.05, 0.1) is 18.4 Å². The minimum Gasteiger partial charge on any atom is -0.494 e. The first-order valence-corrected chi connectivity index (χ1v) is 6.73. The van der Waals surface area contributed by atoms with Gasteiger partial charge in [0.2, 0.25) is 0 Å². The van der Waals surface area contributed by atoms with Gasteiger partial charge in [-0.2, -0.15) is 5.10 Å². The standard InChI is InChI=1S/C15H17N3O3/c1-2-21-13-5-3-4-11(8-13)6-7-16-15(20)12-9-14(19)18-17-10-12/h3-5,8-10H,2,6-7H2,1H3,(H,16,20)(H,18,19). The first kappa shape index (κ1) is 14.8. The summed E-state index contributed by atoms with van der Waals surface area (Å²) in [7, 11) is 0. The van der Waals surface area contributed by atoms with E-state index < -0.39 is 5.56 Å². The summed E-state index contributed by atoms with van der Waals surface area (Å²) in [5.41, 5.74) is 0.930. The number of hydrogen-bond donors (Lipinski definition) is 2. The van der Waals surface area contributed by atoms with Crippen LogP contribution in [0.3, 0.4) is 0 Å². The normalized spacial score (nSPS) is 10.1. The molecular formula is C15H17N3O3. The number of carbonyl (C=O) groups excluding carboxylic acids is 1. The summed E-state index contributed by atoms with van der Waals surface area (Å²) in [6.45, 7) is 3.03. The van der Waals surface area contributed by atoms with Gasteiger partial charge < -0.3 is 10.1 Å². The van der Waals surface area contributed by atoms with Crippen molar-refractivity contribution in [1.82, 2.24) is 15.5 Å². The zero-order valence-corrected chi connectivity index (χ0v) is 11.8. The van der Waals surface area contributed by atoms with Crippen molar-refractivity contribution in [3.8, 4) is 5.75 Å². The van der Waals surface area contributed by atoms with Crippen LogP contribution in [-0.4, -0.2) is 29.3 Å². The second-order valence-corrected chi connectivity index (χ2v) is 4.42. The van der Waals surface area contributed by atoms with E-state index in [0.717, 1.165) is 11.3 Å². The Morgan fingerprint density at radius 2 is 2.24 bits per heavy atom. The summed E-state index contributed by atoms with van der Waals surface area (Å²) in [6.07, 6.45) is 2.01. The number of H-pyrrole nitrogens is 1. The summed E-state index contributed by atoms with van der Waals surface area (Å²) >= 11 is 0. The molecule has 1 heterocycles. The van der Waals surface area contributed by atoms with E-state index in [1.54, 1.807) is 0 Å². The van der Waals surface area contributed by atoms with Crippen LogP contribution in [0.2, 0.25) is 0 Å². The quantitative estimate of drug-likeness (QED) is 0.834. The largest absolute Gasteiger partial charge is 0.494 e. The number of hydrogen-bond acceptors (Lipinski definition) is 4. The van der Waals surface area contributed by atoms with Crippen molar-refractivity contribution >= 4 is 5.91 Å². The summed E-state index contributed by atoms with van der Waals surface area (Å²) in [5.74, 6) is 0.509. The molecule has 0 unspecified atom stereocenters. The molecule has 0 bridgehead atoms. The van der Waals surface area contributed by atoms with E-state index >= 15 is 0 Å². The molecule has 0 saturated carbocycles. The molecule has 0 saturated heterocycles. The van der Waals surface area contributed by atoms with Gasteiger partial charge in [0.15, 0.2) is 0 Å². The van der Waals surface area contributed by atoms with Crippen LogP contribution >= 0.6 is 0 Å². The molecule has 6 heteroatoms. The molecule has 21 heavy (non-hydrogen) atoms. The second-order valence-electron chi connectivity index (χ2n) is 4.42. The van der Waals surface area contributed by atoms with Gasteiger partial charge in [-0.1, -0.05) is 12.1 Å². The van der Waals surface area contributed by atoms with E-state index in [0.29, 0.717) is 19.6 Å². The number of amides is 1. The van der Waals surface area contributed by atoms with E-state index in [1.807, 2.05) is 31.2 Å². The van der Waals surface area contributed by atoms with Crippen molar-refractivity contribution in [3.63, 3.8) is 0 Å². The number of aromatic nitrogens is 2. The van der Waals surface area contributed by atoms with Crippen LogP contribution in [-0.2, 0) is 6.42 Å². The Hall–Kier alpha value is -2.63. The van der Waals surface area contributed by atoms with Crippen LogP contribution in [0.5, 0.6) is 5.75 Å². The lowest BCUT2D eigenvalue weighted by molar-refractivity contribution is 0.0953. The van der Waals surface area contributed by atoms with Gasteiger partial charge in [-0.25, -0.2) is 5.10 Å². The molecule has 0 radical (unpaired) electrons. The average molecular weight is 287 g/mol. The predicted octanol–water partition coefficient (Wildman–Crippen LogP) is 1.14. The van der Waals surface area contributed by atoms with Gasteiger partial charge in [0, 0.05) is 12.6 Å². The van der Waals surface area contributed by atoms with E-state index in [2.05, 4.69) is 15.5 Å². The van der Waals surface area contributed by atoms with E-state index in [1.165, 1.54) is 12.3 Å².